The van der Waals surface area contributed by atoms with E-state index >= 15 is 0 Å². The van der Waals surface area contributed by atoms with Gasteiger partial charge in [0.2, 0.25) is 0 Å². The summed E-state index contributed by atoms with van der Waals surface area (Å²) in [7, 11) is 0. The Morgan fingerprint density at radius 2 is 1.65 bits per heavy atom. The Labute approximate surface area is 132 Å². The van der Waals surface area contributed by atoms with E-state index in [2.05, 4.69) is 0 Å². The maximum Gasteiger partial charge on any atom is 0.291 e. The van der Waals surface area contributed by atoms with Crippen LogP contribution in [0.5, 0.6) is 0 Å². The molecule has 0 fully saturated rings. The average molecular weight is 310 g/mol. The van der Waals surface area contributed by atoms with Crippen molar-refractivity contribution in [2.45, 2.75) is 18.6 Å². The van der Waals surface area contributed by atoms with E-state index in [1.807, 2.05) is 42.5 Å². The van der Waals surface area contributed by atoms with E-state index in [9.17, 15) is 20.3 Å². The molecule has 1 unspecified atom stereocenters. The Kier molecular flexibility index (Phi) is 3.75. The molecule has 1 atom stereocenters. The van der Waals surface area contributed by atoms with E-state index in [1.165, 1.54) is 0 Å². The monoisotopic (exact) mass is 310 g/mol. The molecule has 0 aliphatic carbocycles. The Morgan fingerprint density at radius 1 is 1.04 bits per heavy atom. The summed E-state index contributed by atoms with van der Waals surface area (Å²) in [5.74, 6) is -3.37. The van der Waals surface area contributed by atoms with Gasteiger partial charge in [0.1, 0.15) is 5.92 Å². The lowest BCUT2D eigenvalue weighted by atomic mass is 9.87. The highest BCUT2D eigenvalue weighted by atomic mass is 16.6. The molecular formula is C18H16NO4. The number of nitrogens with zero attached hydrogens (tertiary/aromatic N) is 1. The minimum atomic E-state index is -2.23. The molecule has 0 saturated heterocycles. The normalized spacial score (nSPS) is 13.3. The summed E-state index contributed by atoms with van der Waals surface area (Å²) >= 11 is 0. The Morgan fingerprint density at radius 3 is 2.26 bits per heavy atom. The number of benzene rings is 3. The second kappa shape index (κ2) is 5.61. The highest BCUT2D eigenvalue weighted by Gasteiger charge is 2.37. The van der Waals surface area contributed by atoms with Gasteiger partial charge in [0, 0.05) is 4.92 Å². The summed E-state index contributed by atoms with van der Waals surface area (Å²) in [6, 6.07) is 17.1. The molecule has 0 amide bonds. The lowest BCUT2D eigenvalue weighted by molar-refractivity contribution is -0.447. The van der Waals surface area contributed by atoms with Gasteiger partial charge < -0.3 is 10.2 Å². The molecule has 5 heteroatoms. The fourth-order valence-corrected chi connectivity index (χ4v) is 2.90. The van der Waals surface area contributed by atoms with Gasteiger partial charge in [0.15, 0.2) is 5.79 Å². The molecule has 2 N–H and O–H groups in total. The SMILES string of the molecule is CC(O)(O)C([CH][N+](=O)[O-])c1cccc2cc3ccccc3cc12. The van der Waals surface area contributed by atoms with E-state index in [1.54, 1.807) is 12.1 Å². The van der Waals surface area contributed by atoms with Crippen molar-refractivity contribution in [2.24, 2.45) is 0 Å². The first-order valence-electron chi connectivity index (χ1n) is 7.21. The van der Waals surface area contributed by atoms with Gasteiger partial charge in [-0.25, -0.2) is 0 Å². The third-order valence-corrected chi connectivity index (χ3v) is 3.98. The topological polar surface area (TPSA) is 83.6 Å². The molecule has 0 heterocycles. The Hall–Kier alpha value is -2.50. The standard InChI is InChI=1S/C18H16NO4/c1-18(20,21)17(11-19(22)23)15-8-4-7-14-9-12-5-2-3-6-13(12)10-16(14)15/h2-11,17,20-21H,1H3. The zero-order valence-corrected chi connectivity index (χ0v) is 12.5. The first-order chi connectivity index (χ1) is 10.9. The van der Waals surface area contributed by atoms with Crippen molar-refractivity contribution in [1.29, 1.82) is 0 Å². The second-order valence-electron chi connectivity index (χ2n) is 5.77. The molecule has 3 rings (SSSR count). The minimum absolute atomic E-state index is 0.512. The van der Waals surface area contributed by atoms with Crippen molar-refractivity contribution in [1.82, 2.24) is 0 Å². The summed E-state index contributed by atoms with van der Waals surface area (Å²) in [6.07, 6.45) is 0. The van der Waals surface area contributed by atoms with Crippen molar-refractivity contribution >= 4 is 21.5 Å². The smallest absolute Gasteiger partial charge is 0.291 e. The zero-order valence-electron chi connectivity index (χ0n) is 12.5. The van der Waals surface area contributed by atoms with Gasteiger partial charge in [-0.05, 0) is 46.2 Å². The van der Waals surface area contributed by atoms with Gasteiger partial charge in [0.25, 0.3) is 6.54 Å². The van der Waals surface area contributed by atoms with Gasteiger partial charge in [0.05, 0.1) is 0 Å². The molecular weight excluding hydrogens is 294 g/mol. The van der Waals surface area contributed by atoms with E-state index in [0.29, 0.717) is 5.56 Å². The van der Waals surface area contributed by atoms with Crippen LogP contribution in [-0.4, -0.2) is 20.9 Å². The van der Waals surface area contributed by atoms with Crippen LogP contribution in [0.3, 0.4) is 0 Å². The van der Waals surface area contributed by atoms with Crippen LogP contribution >= 0.6 is 0 Å². The van der Waals surface area contributed by atoms with Crippen molar-refractivity contribution in [2.75, 3.05) is 0 Å². The number of hydrogen-bond donors (Lipinski definition) is 2. The molecule has 0 spiro atoms. The largest absolute Gasteiger partial charge is 0.365 e. The minimum Gasteiger partial charge on any atom is -0.365 e. The number of hydrogen-bond acceptors (Lipinski definition) is 4. The predicted octanol–water partition coefficient (Wildman–Crippen LogP) is 3.22. The highest BCUT2D eigenvalue weighted by molar-refractivity contribution is 5.99. The third-order valence-electron chi connectivity index (χ3n) is 3.98. The number of aliphatic hydroxyl groups is 2. The molecule has 117 valence electrons. The summed E-state index contributed by atoms with van der Waals surface area (Å²) in [5, 5.41) is 34.6. The van der Waals surface area contributed by atoms with E-state index in [0.717, 1.165) is 35.0 Å². The van der Waals surface area contributed by atoms with Crippen LogP contribution in [0, 0.1) is 16.7 Å². The van der Waals surface area contributed by atoms with Crippen LogP contribution in [0.4, 0.5) is 0 Å². The highest BCUT2D eigenvalue weighted by Crippen LogP contribution is 2.35. The van der Waals surface area contributed by atoms with Crippen molar-refractivity contribution < 1.29 is 15.1 Å². The van der Waals surface area contributed by atoms with Crippen LogP contribution < -0.4 is 0 Å². The van der Waals surface area contributed by atoms with Crippen LogP contribution in [-0.2, 0) is 0 Å². The zero-order chi connectivity index (χ0) is 16.6. The lowest BCUT2D eigenvalue weighted by Crippen LogP contribution is -2.34. The van der Waals surface area contributed by atoms with Gasteiger partial charge in [-0.2, -0.15) is 0 Å². The quantitative estimate of drug-likeness (QED) is 0.335. The third kappa shape index (κ3) is 3.02. The fourth-order valence-electron chi connectivity index (χ4n) is 2.90. The van der Waals surface area contributed by atoms with E-state index < -0.39 is 16.6 Å². The maximum atomic E-state index is 10.9. The first kappa shape index (κ1) is 15.4. The molecule has 0 aliphatic heterocycles. The Bertz CT molecular complexity index is 883. The number of rotatable bonds is 4. The molecule has 0 aromatic heterocycles. The maximum absolute atomic E-state index is 10.9. The van der Waals surface area contributed by atoms with E-state index in [-0.39, 0.29) is 0 Å². The second-order valence-corrected chi connectivity index (χ2v) is 5.77. The molecule has 1 radical (unpaired) electrons. The molecule has 0 bridgehead atoms. The van der Waals surface area contributed by atoms with Crippen LogP contribution in [0.15, 0.2) is 54.6 Å². The van der Waals surface area contributed by atoms with Crippen LogP contribution in [0.2, 0.25) is 0 Å². The molecule has 23 heavy (non-hydrogen) atoms. The molecule has 0 aliphatic rings. The van der Waals surface area contributed by atoms with Crippen LogP contribution in [0.1, 0.15) is 18.4 Å². The summed E-state index contributed by atoms with van der Waals surface area (Å²) in [6.45, 7) is 1.88. The van der Waals surface area contributed by atoms with Crippen molar-refractivity contribution in [3.05, 3.63) is 76.8 Å². The van der Waals surface area contributed by atoms with Crippen LogP contribution in [0.25, 0.3) is 21.5 Å². The molecule has 3 aromatic carbocycles. The molecule has 5 nitrogen and oxygen atoms in total. The van der Waals surface area contributed by atoms with Gasteiger partial charge in [-0.1, -0.05) is 42.5 Å². The summed E-state index contributed by atoms with van der Waals surface area (Å²) in [5.41, 5.74) is 0.512. The lowest BCUT2D eigenvalue weighted by Gasteiger charge is -2.25. The van der Waals surface area contributed by atoms with Gasteiger partial charge in [-0.15, -0.1) is 0 Å². The molecule has 3 aromatic rings. The van der Waals surface area contributed by atoms with Gasteiger partial charge in [-0.3, -0.25) is 10.1 Å². The summed E-state index contributed by atoms with van der Waals surface area (Å²) < 4.78 is 0. The predicted molar refractivity (Wildman–Crippen MR) is 88.3 cm³/mol. The Balaban J connectivity index is 2.26. The van der Waals surface area contributed by atoms with Gasteiger partial charge >= 0.3 is 0 Å². The number of fused-ring (bicyclic) bond motifs is 2. The number of nitro groups is 1. The van der Waals surface area contributed by atoms with E-state index in [4.69, 9.17) is 0 Å². The molecule has 0 saturated carbocycles. The fraction of sp³-hybridized carbons (Fsp3) is 0.167. The van der Waals surface area contributed by atoms with Crippen molar-refractivity contribution in [3.63, 3.8) is 0 Å². The summed E-state index contributed by atoms with van der Waals surface area (Å²) in [4.78, 5) is 10.3. The van der Waals surface area contributed by atoms with Crippen molar-refractivity contribution in [3.8, 4) is 0 Å². The first-order valence-corrected chi connectivity index (χ1v) is 7.21. The average Bonchev–Trinajstić information content (AvgIpc) is 2.49.